The Balaban J connectivity index is 2.47. The molecule has 0 aliphatic heterocycles. The van der Waals surface area contributed by atoms with Gasteiger partial charge in [0, 0.05) is 13.1 Å². The molecule has 0 heterocycles. The highest BCUT2D eigenvalue weighted by atomic mass is 32.2. The molecule has 0 radical (unpaired) electrons. The van der Waals surface area contributed by atoms with E-state index in [-0.39, 0.29) is 5.75 Å². The first kappa shape index (κ1) is 14.2. The maximum absolute atomic E-state index is 11.2. The van der Waals surface area contributed by atoms with Gasteiger partial charge in [-0.2, -0.15) is 0 Å². The van der Waals surface area contributed by atoms with E-state index >= 15 is 0 Å². The Morgan fingerprint density at radius 1 is 1.18 bits per heavy atom. The summed E-state index contributed by atoms with van der Waals surface area (Å²) in [5.41, 5.74) is 3.71. The monoisotopic (exact) mass is 256 g/mol. The molecule has 4 nitrogen and oxygen atoms in total. The van der Waals surface area contributed by atoms with Gasteiger partial charge < -0.3 is 5.32 Å². The first-order valence-electron chi connectivity index (χ1n) is 5.63. The van der Waals surface area contributed by atoms with Crippen LogP contribution in [0.4, 0.5) is 0 Å². The lowest BCUT2D eigenvalue weighted by Crippen LogP contribution is -2.29. The first-order valence-corrected chi connectivity index (χ1v) is 7.28. The van der Waals surface area contributed by atoms with Crippen LogP contribution >= 0.6 is 0 Å². The number of hydrogen-bond donors (Lipinski definition) is 2. The lowest BCUT2D eigenvalue weighted by molar-refractivity contribution is 0.583. The fourth-order valence-corrected chi connectivity index (χ4v) is 2.27. The zero-order valence-electron chi connectivity index (χ0n) is 10.6. The normalized spacial score (nSPS) is 11.7. The number of hydrogen-bond acceptors (Lipinski definition) is 3. The summed E-state index contributed by atoms with van der Waals surface area (Å²) in [7, 11) is -1.68. The Morgan fingerprint density at radius 2 is 1.76 bits per heavy atom. The van der Waals surface area contributed by atoms with Gasteiger partial charge in [-0.15, -0.1) is 0 Å². The van der Waals surface area contributed by atoms with Crippen molar-refractivity contribution in [2.24, 2.45) is 0 Å². The molecule has 1 aromatic rings. The van der Waals surface area contributed by atoms with E-state index in [2.05, 4.69) is 36.0 Å². The van der Waals surface area contributed by atoms with Gasteiger partial charge in [0.1, 0.15) is 0 Å². The molecule has 0 spiro atoms. The van der Waals surface area contributed by atoms with E-state index < -0.39 is 10.0 Å². The minimum atomic E-state index is -3.11. The number of benzene rings is 1. The summed E-state index contributed by atoms with van der Waals surface area (Å²) in [4.78, 5) is 0. The smallest absolute Gasteiger partial charge is 0.212 e. The van der Waals surface area contributed by atoms with Gasteiger partial charge in [-0.1, -0.05) is 18.2 Å². The molecular weight excluding hydrogens is 236 g/mol. The molecule has 1 rings (SSSR count). The summed E-state index contributed by atoms with van der Waals surface area (Å²) >= 11 is 0. The van der Waals surface area contributed by atoms with Crippen molar-refractivity contribution in [3.05, 3.63) is 34.9 Å². The van der Waals surface area contributed by atoms with Crippen LogP contribution in [0.1, 0.15) is 16.7 Å². The van der Waals surface area contributed by atoms with E-state index in [4.69, 9.17) is 0 Å². The van der Waals surface area contributed by atoms with E-state index in [1.54, 1.807) is 0 Å². The van der Waals surface area contributed by atoms with Crippen LogP contribution in [0, 0.1) is 13.8 Å². The van der Waals surface area contributed by atoms with E-state index in [9.17, 15) is 8.42 Å². The highest BCUT2D eigenvalue weighted by Crippen LogP contribution is 2.12. The van der Waals surface area contributed by atoms with Crippen molar-refractivity contribution in [1.82, 2.24) is 10.0 Å². The second kappa shape index (κ2) is 6.14. The van der Waals surface area contributed by atoms with Crippen molar-refractivity contribution in [2.45, 2.75) is 20.4 Å². The van der Waals surface area contributed by atoms with Crippen LogP contribution in [-0.4, -0.2) is 27.8 Å². The second-order valence-electron chi connectivity index (χ2n) is 4.07. The second-order valence-corrected chi connectivity index (χ2v) is 6.12. The van der Waals surface area contributed by atoms with Gasteiger partial charge in [0.05, 0.1) is 5.75 Å². The van der Waals surface area contributed by atoms with Crippen LogP contribution < -0.4 is 10.0 Å². The molecular formula is C12H20N2O2S. The Bertz CT molecular complexity index is 449. The predicted molar refractivity (Wildman–Crippen MR) is 70.5 cm³/mol. The van der Waals surface area contributed by atoms with Crippen molar-refractivity contribution in [2.75, 3.05) is 19.3 Å². The van der Waals surface area contributed by atoms with Crippen LogP contribution in [0.25, 0.3) is 0 Å². The lowest BCUT2D eigenvalue weighted by Gasteiger charge is -2.10. The van der Waals surface area contributed by atoms with Crippen LogP contribution in [0.3, 0.4) is 0 Å². The van der Waals surface area contributed by atoms with Gasteiger partial charge in [0.2, 0.25) is 10.0 Å². The quantitative estimate of drug-likeness (QED) is 0.745. The highest BCUT2D eigenvalue weighted by Gasteiger charge is 2.06. The van der Waals surface area contributed by atoms with Gasteiger partial charge in [-0.3, -0.25) is 0 Å². The summed E-state index contributed by atoms with van der Waals surface area (Å²) in [5, 5.41) is 3.15. The van der Waals surface area contributed by atoms with Crippen LogP contribution in [0.15, 0.2) is 18.2 Å². The Labute approximate surface area is 103 Å². The molecule has 1 aromatic carbocycles. The van der Waals surface area contributed by atoms with E-state index in [1.807, 2.05) is 6.07 Å². The Kier molecular flexibility index (Phi) is 5.11. The summed E-state index contributed by atoms with van der Waals surface area (Å²) in [6.45, 7) is 5.29. The van der Waals surface area contributed by atoms with Crippen LogP contribution in [-0.2, 0) is 16.6 Å². The average Bonchev–Trinajstić information content (AvgIpc) is 2.27. The molecule has 0 amide bonds. The van der Waals surface area contributed by atoms with Crippen molar-refractivity contribution in [3.63, 3.8) is 0 Å². The van der Waals surface area contributed by atoms with Gasteiger partial charge in [0.25, 0.3) is 0 Å². The van der Waals surface area contributed by atoms with Crippen molar-refractivity contribution < 1.29 is 8.42 Å². The lowest BCUT2D eigenvalue weighted by atomic mass is 10.0. The number of nitrogens with one attached hydrogen (secondary N) is 2. The van der Waals surface area contributed by atoms with Gasteiger partial charge in [-0.05, 0) is 37.6 Å². The number of aryl methyl sites for hydroxylation is 2. The van der Waals surface area contributed by atoms with Crippen molar-refractivity contribution in [1.29, 1.82) is 0 Å². The molecule has 0 aromatic heterocycles. The first-order chi connectivity index (χ1) is 7.96. The van der Waals surface area contributed by atoms with Crippen LogP contribution in [0.5, 0.6) is 0 Å². The molecule has 0 fully saturated rings. The minimum absolute atomic E-state index is 0.106. The largest absolute Gasteiger partial charge is 0.312 e. The van der Waals surface area contributed by atoms with E-state index in [1.165, 1.54) is 23.7 Å². The van der Waals surface area contributed by atoms with Crippen LogP contribution in [0.2, 0.25) is 0 Å². The molecule has 17 heavy (non-hydrogen) atoms. The summed E-state index contributed by atoms with van der Waals surface area (Å²) in [6.07, 6.45) is 0. The number of rotatable bonds is 6. The van der Waals surface area contributed by atoms with Crippen molar-refractivity contribution in [3.8, 4) is 0 Å². The maximum Gasteiger partial charge on any atom is 0.212 e. The summed E-state index contributed by atoms with van der Waals surface area (Å²) in [6, 6.07) is 6.16. The summed E-state index contributed by atoms with van der Waals surface area (Å²) in [5.74, 6) is 0.106. The molecule has 0 atom stereocenters. The third kappa shape index (κ3) is 4.46. The van der Waals surface area contributed by atoms with E-state index in [0.717, 1.165) is 0 Å². The fraction of sp³-hybridized carbons (Fsp3) is 0.500. The van der Waals surface area contributed by atoms with Crippen molar-refractivity contribution >= 4 is 10.0 Å². The van der Waals surface area contributed by atoms with Gasteiger partial charge in [-0.25, -0.2) is 13.1 Å². The molecule has 0 bridgehead atoms. The molecule has 0 aliphatic carbocycles. The Morgan fingerprint density at radius 3 is 2.29 bits per heavy atom. The maximum atomic E-state index is 11.2. The standard InChI is InChI=1S/C12H20N2O2S/c1-10-5-4-6-11(2)12(10)9-14-7-8-17(15,16)13-3/h4-6,13-14H,7-9H2,1-3H3. The molecule has 5 heteroatoms. The number of sulfonamides is 1. The predicted octanol–water partition coefficient (Wildman–Crippen LogP) is 0.942. The van der Waals surface area contributed by atoms with E-state index in [0.29, 0.717) is 13.1 Å². The highest BCUT2D eigenvalue weighted by molar-refractivity contribution is 7.89. The molecule has 0 saturated carbocycles. The fourth-order valence-electron chi connectivity index (χ4n) is 1.65. The molecule has 96 valence electrons. The zero-order chi connectivity index (χ0) is 12.9. The third-order valence-electron chi connectivity index (χ3n) is 2.80. The SMILES string of the molecule is CNS(=O)(=O)CCNCc1c(C)cccc1C. The topological polar surface area (TPSA) is 58.2 Å². The Hall–Kier alpha value is -0.910. The molecule has 0 unspecified atom stereocenters. The molecule has 2 N–H and O–H groups in total. The average molecular weight is 256 g/mol. The van der Waals surface area contributed by atoms with Gasteiger partial charge >= 0.3 is 0 Å². The summed E-state index contributed by atoms with van der Waals surface area (Å²) < 4.78 is 24.7. The third-order valence-corrected chi connectivity index (χ3v) is 4.17. The van der Waals surface area contributed by atoms with Gasteiger partial charge in [0.15, 0.2) is 0 Å². The molecule has 0 aliphatic rings. The molecule has 0 saturated heterocycles. The zero-order valence-corrected chi connectivity index (χ0v) is 11.4. The minimum Gasteiger partial charge on any atom is -0.312 e.